The van der Waals surface area contributed by atoms with Gasteiger partial charge in [-0.3, -0.25) is 19.9 Å². The van der Waals surface area contributed by atoms with Crippen LogP contribution in [0.15, 0.2) is 47.5 Å². The van der Waals surface area contributed by atoms with E-state index in [4.69, 9.17) is 4.74 Å². The molecular formula is C18H18N2O3S2. The second kappa shape index (κ2) is 8.40. The summed E-state index contributed by atoms with van der Waals surface area (Å²) in [6.45, 7) is 2.66. The number of nitrogens with one attached hydrogen (secondary N) is 1. The Morgan fingerprint density at radius 3 is 2.60 bits per heavy atom. The third-order valence-corrected chi connectivity index (χ3v) is 5.94. The summed E-state index contributed by atoms with van der Waals surface area (Å²) in [7, 11) is 0. The fraction of sp³-hybridized carbons (Fsp3) is 0.278. The molecule has 0 aliphatic carbocycles. The van der Waals surface area contributed by atoms with Gasteiger partial charge in [0.15, 0.2) is 0 Å². The maximum atomic E-state index is 11.6. The fourth-order valence-electron chi connectivity index (χ4n) is 2.24. The van der Waals surface area contributed by atoms with Crippen molar-refractivity contribution in [3.63, 3.8) is 0 Å². The van der Waals surface area contributed by atoms with E-state index in [9.17, 15) is 9.59 Å². The Morgan fingerprint density at radius 2 is 2.00 bits per heavy atom. The van der Waals surface area contributed by atoms with E-state index in [1.165, 1.54) is 17.3 Å². The van der Waals surface area contributed by atoms with Gasteiger partial charge in [0.25, 0.3) is 11.1 Å². The first-order valence-corrected chi connectivity index (χ1v) is 9.75. The van der Waals surface area contributed by atoms with Gasteiger partial charge in [-0.05, 0) is 54.1 Å². The van der Waals surface area contributed by atoms with E-state index in [1.807, 2.05) is 36.5 Å². The lowest BCUT2D eigenvalue weighted by Gasteiger charge is -2.08. The minimum absolute atomic E-state index is 0.248. The van der Waals surface area contributed by atoms with Gasteiger partial charge >= 0.3 is 0 Å². The second-order valence-electron chi connectivity index (χ2n) is 5.43. The number of aryl methyl sites for hydroxylation is 1. The quantitative estimate of drug-likeness (QED) is 0.798. The number of pyridine rings is 1. The van der Waals surface area contributed by atoms with Crippen LogP contribution < -0.4 is 10.1 Å². The molecule has 0 saturated carbocycles. The lowest BCUT2D eigenvalue weighted by molar-refractivity contribution is -0.117. The van der Waals surface area contributed by atoms with E-state index in [0.29, 0.717) is 6.61 Å². The smallest absolute Gasteiger partial charge is 0.287 e. The highest BCUT2D eigenvalue weighted by molar-refractivity contribution is 8.26. The summed E-state index contributed by atoms with van der Waals surface area (Å²) in [5.74, 6) is 0.524. The number of rotatable bonds is 7. The van der Waals surface area contributed by atoms with Crippen molar-refractivity contribution < 1.29 is 14.3 Å². The standard InChI is InChI=1S/C18H18N2O3S2/c1-2-12-3-4-13(19-11-12)9-10-23-14-5-7-15(8-6-14)24-17-16(21)20-18(22)25-17/h3-8,11,17H,2,9-10H2,1H3,(H,20,21,22). The van der Waals surface area contributed by atoms with Crippen molar-refractivity contribution in [2.75, 3.05) is 6.61 Å². The van der Waals surface area contributed by atoms with Gasteiger partial charge in [-0.15, -0.1) is 11.8 Å². The van der Waals surface area contributed by atoms with Crippen LogP contribution in [0, 0.1) is 0 Å². The number of hydrogen-bond acceptors (Lipinski definition) is 6. The molecule has 1 aromatic heterocycles. The van der Waals surface area contributed by atoms with Crippen LogP contribution in [0.1, 0.15) is 18.2 Å². The summed E-state index contributed by atoms with van der Waals surface area (Å²) in [6, 6.07) is 11.7. The largest absolute Gasteiger partial charge is 0.493 e. The van der Waals surface area contributed by atoms with Crippen LogP contribution in [0.25, 0.3) is 0 Å². The fourth-order valence-corrected chi connectivity index (χ4v) is 4.26. The minimum Gasteiger partial charge on any atom is -0.493 e. The van der Waals surface area contributed by atoms with E-state index in [2.05, 4.69) is 23.3 Å². The van der Waals surface area contributed by atoms with Gasteiger partial charge in [0, 0.05) is 23.2 Å². The first-order valence-electron chi connectivity index (χ1n) is 7.99. The third kappa shape index (κ3) is 4.99. The van der Waals surface area contributed by atoms with Crippen molar-refractivity contribution in [1.82, 2.24) is 10.3 Å². The molecule has 25 heavy (non-hydrogen) atoms. The lowest BCUT2D eigenvalue weighted by Crippen LogP contribution is -2.22. The number of carbonyl (C=O) groups excluding carboxylic acids is 2. The predicted molar refractivity (Wildman–Crippen MR) is 100 cm³/mol. The Kier molecular flexibility index (Phi) is 5.99. The average molecular weight is 374 g/mol. The molecule has 130 valence electrons. The van der Waals surface area contributed by atoms with Crippen LogP contribution in [0.4, 0.5) is 4.79 Å². The molecule has 1 aliphatic heterocycles. The summed E-state index contributed by atoms with van der Waals surface area (Å²) in [4.78, 5) is 28.1. The molecule has 0 bridgehead atoms. The summed E-state index contributed by atoms with van der Waals surface area (Å²) >= 11 is 2.37. The zero-order chi connectivity index (χ0) is 17.6. The van der Waals surface area contributed by atoms with Gasteiger partial charge in [-0.1, -0.05) is 13.0 Å². The summed E-state index contributed by atoms with van der Waals surface area (Å²) < 4.78 is 5.32. The number of hydrogen-bond donors (Lipinski definition) is 1. The Balaban J connectivity index is 1.47. The van der Waals surface area contributed by atoms with Gasteiger partial charge in [0.1, 0.15) is 10.3 Å². The zero-order valence-corrected chi connectivity index (χ0v) is 15.4. The van der Waals surface area contributed by atoms with Gasteiger partial charge in [0.2, 0.25) is 0 Å². The summed E-state index contributed by atoms with van der Waals surface area (Å²) in [5.41, 5.74) is 2.24. The van der Waals surface area contributed by atoms with Gasteiger partial charge in [-0.2, -0.15) is 0 Å². The molecule has 3 rings (SSSR count). The molecule has 1 aliphatic rings. The van der Waals surface area contributed by atoms with Gasteiger partial charge in [0.05, 0.1) is 6.61 Å². The van der Waals surface area contributed by atoms with Crippen LogP contribution in [0.5, 0.6) is 5.75 Å². The van der Waals surface area contributed by atoms with Crippen molar-refractivity contribution in [1.29, 1.82) is 0 Å². The highest BCUT2D eigenvalue weighted by Gasteiger charge is 2.32. The predicted octanol–water partition coefficient (Wildman–Crippen LogP) is 3.67. The number of thioether (sulfide) groups is 2. The molecule has 1 saturated heterocycles. The summed E-state index contributed by atoms with van der Waals surface area (Å²) in [5, 5.41) is 1.99. The molecule has 2 amide bonds. The van der Waals surface area contributed by atoms with Gasteiger partial charge < -0.3 is 4.74 Å². The highest BCUT2D eigenvalue weighted by Crippen LogP contribution is 2.35. The minimum atomic E-state index is -0.420. The number of amides is 2. The van der Waals surface area contributed by atoms with E-state index < -0.39 is 4.58 Å². The first-order chi connectivity index (χ1) is 12.1. The molecule has 1 unspecified atom stereocenters. The Labute approximate surface area is 154 Å². The van der Waals surface area contributed by atoms with Crippen molar-refractivity contribution in [3.05, 3.63) is 53.9 Å². The normalized spacial score (nSPS) is 16.8. The Hall–Kier alpha value is -1.99. The molecule has 1 atom stereocenters. The number of imide groups is 1. The monoisotopic (exact) mass is 374 g/mol. The van der Waals surface area contributed by atoms with E-state index in [0.717, 1.165) is 40.9 Å². The van der Waals surface area contributed by atoms with Gasteiger partial charge in [-0.25, -0.2) is 0 Å². The van der Waals surface area contributed by atoms with E-state index in [-0.39, 0.29) is 11.1 Å². The van der Waals surface area contributed by atoms with E-state index >= 15 is 0 Å². The van der Waals surface area contributed by atoms with Crippen molar-refractivity contribution in [2.45, 2.75) is 29.2 Å². The topological polar surface area (TPSA) is 68.3 Å². The lowest BCUT2D eigenvalue weighted by atomic mass is 10.2. The molecule has 1 fully saturated rings. The molecule has 0 radical (unpaired) electrons. The highest BCUT2D eigenvalue weighted by atomic mass is 32.2. The number of benzene rings is 1. The van der Waals surface area contributed by atoms with Crippen molar-refractivity contribution >= 4 is 34.7 Å². The Morgan fingerprint density at radius 1 is 1.20 bits per heavy atom. The number of carbonyl (C=O) groups is 2. The average Bonchev–Trinajstić information content (AvgIpc) is 2.94. The van der Waals surface area contributed by atoms with Crippen LogP contribution in [-0.2, 0) is 17.6 Å². The maximum Gasteiger partial charge on any atom is 0.287 e. The van der Waals surface area contributed by atoms with Crippen LogP contribution >= 0.6 is 23.5 Å². The van der Waals surface area contributed by atoms with Crippen LogP contribution in [-0.4, -0.2) is 27.3 Å². The number of aromatic nitrogens is 1. The first kappa shape index (κ1) is 17.8. The van der Waals surface area contributed by atoms with E-state index in [1.54, 1.807) is 0 Å². The maximum absolute atomic E-state index is 11.6. The molecule has 2 aromatic rings. The molecule has 5 nitrogen and oxygen atoms in total. The van der Waals surface area contributed by atoms with Crippen LogP contribution in [0.3, 0.4) is 0 Å². The zero-order valence-electron chi connectivity index (χ0n) is 13.7. The van der Waals surface area contributed by atoms with Crippen molar-refractivity contribution in [2.24, 2.45) is 0 Å². The molecule has 1 aromatic carbocycles. The molecule has 7 heteroatoms. The second-order valence-corrected chi connectivity index (χ2v) is 7.98. The SMILES string of the molecule is CCc1ccc(CCOc2ccc(SC3SC(=O)NC3=O)cc2)nc1. The third-order valence-electron chi connectivity index (χ3n) is 3.64. The Bertz CT molecular complexity index is 748. The summed E-state index contributed by atoms with van der Waals surface area (Å²) in [6.07, 6.45) is 3.65. The molecular weight excluding hydrogens is 356 g/mol. The number of ether oxygens (including phenoxy) is 1. The van der Waals surface area contributed by atoms with Crippen molar-refractivity contribution in [3.8, 4) is 5.75 Å². The molecule has 2 heterocycles. The van der Waals surface area contributed by atoms with Crippen LogP contribution in [0.2, 0.25) is 0 Å². The molecule has 0 spiro atoms. The molecule has 1 N–H and O–H groups in total. The number of nitrogens with zero attached hydrogens (tertiary/aromatic N) is 1.